The molecule has 0 aliphatic carbocycles. The molecule has 0 radical (unpaired) electrons. The Morgan fingerprint density at radius 2 is 1.63 bits per heavy atom. The minimum Gasteiger partial charge on any atom is -0.440 e. The number of benzene rings is 3. The second-order valence-electron chi connectivity index (χ2n) is 9.52. The number of alkyl halides is 5. The van der Waals surface area contributed by atoms with Crippen molar-refractivity contribution in [3.05, 3.63) is 89.8 Å². The number of oxazole rings is 1. The van der Waals surface area contributed by atoms with Crippen molar-refractivity contribution in [3.63, 3.8) is 0 Å². The lowest BCUT2D eigenvalue weighted by molar-refractivity contribution is -0.141. The van der Waals surface area contributed by atoms with Gasteiger partial charge in [0, 0.05) is 35.4 Å². The average Bonchev–Trinajstić information content (AvgIpc) is 3.55. The predicted molar refractivity (Wildman–Crippen MR) is 149 cm³/mol. The summed E-state index contributed by atoms with van der Waals surface area (Å²) < 4.78 is 90.2. The molecule has 3 aromatic carbocycles. The Labute approximate surface area is 245 Å². The predicted octanol–water partition coefficient (Wildman–Crippen LogP) is 7.33. The number of hydrogen-bond acceptors (Lipinski definition) is 6. The summed E-state index contributed by atoms with van der Waals surface area (Å²) in [5.41, 5.74) is 2.16. The molecule has 0 fully saturated rings. The molecule has 43 heavy (non-hydrogen) atoms. The molecular weight excluding hydrogens is 593 g/mol. The second kappa shape index (κ2) is 11.7. The van der Waals surface area contributed by atoms with Crippen LogP contribution in [0.5, 0.6) is 5.75 Å². The molecule has 1 N–H and O–H groups in total. The van der Waals surface area contributed by atoms with Crippen molar-refractivity contribution >= 4 is 10.8 Å². The van der Waals surface area contributed by atoms with E-state index in [1.807, 2.05) is 0 Å². The maximum absolute atomic E-state index is 13.6. The van der Waals surface area contributed by atoms with Crippen LogP contribution in [0.2, 0.25) is 0 Å². The van der Waals surface area contributed by atoms with Gasteiger partial charge in [0.25, 0.3) is 0 Å². The van der Waals surface area contributed by atoms with E-state index in [0.29, 0.717) is 44.1 Å². The van der Waals surface area contributed by atoms with Gasteiger partial charge in [-0.2, -0.15) is 22.0 Å². The lowest BCUT2D eigenvalue weighted by atomic mass is 9.97. The molecule has 2 aromatic heterocycles. The Hall–Kier alpha value is -4.36. The minimum atomic E-state index is -4.67. The molecule has 7 nitrogen and oxygen atoms in total. The van der Waals surface area contributed by atoms with Crippen LogP contribution >= 0.6 is 0 Å². The molecule has 5 rings (SSSR count). The molecule has 0 spiro atoms. The van der Waals surface area contributed by atoms with Gasteiger partial charge in [-0.1, -0.05) is 18.2 Å². The van der Waals surface area contributed by atoms with Crippen LogP contribution in [0.1, 0.15) is 23.0 Å². The van der Waals surface area contributed by atoms with Crippen LogP contribution in [0.25, 0.3) is 39.4 Å². The molecule has 1 atom stereocenters. The third-order valence-corrected chi connectivity index (χ3v) is 7.64. The molecule has 224 valence electrons. The summed E-state index contributed by atoms with van der Waals surface area (Å²) >= 11 is 0. The van der Waals surface area contributed by atoms with Crippen molar-refractivity contribution < 1.29 is 40.4 Å². The van der Waals surface area contributed by atoms with Crippen molar-refractivity contribution in [3.8, 4) is 45.1 Å². The largest absolute Gasteiger partial charge is 0.440 e. The number of nitrogens with zero attached hydrogens (tertiary/aromatic N) is 3. The Morgan fingerprint density at radius 3 is 2.23 bits per heavy atom. The van der Waals surface area contributed by atoms with E-state index in [0.717, 1.165) is 6.20 Å². The number of imidazole rings is 1. The van der Waals surface area contributed by atoms with Gasteiger partial charge in [-0.15, -0.1) is 0 Å². The molecule has 0 saturated heterocycles. The number of aliphatic hydroxyl groups is 1. The van der Waals surface area contributed by atoms with E-state index in [2.05, 4.69) is 14.7 Å². The lowest BCUT2D eigenvalue weighted by Gasteiger charge is -2.15. The molecular formula is C30H24F5N3O4S. The van der Waals surface area contributed by atoms with Gasteiger partial charge in [-0.25, -0.2) is 9.97 Å². The van der Waals surface area contributed by atoms with Crippen molar-refractivity contribution in [1.82, 2.24) is 14.5 Å². The highest BCUT2D eigenvalue weighted by Gasteiger charge is 2.35. The quantitative estimate of drug-likeness (QED) is 0.184. The number of aromatic nitrogens is 3. The van der Waals surface area contributed by atoms with E-state index < -0.39 is 29.3 Å². The molecule has 0 aliphatic heterocycles. The van der Waals surface area contributed by atoms with E-state index in [9.17, 15) is 31.3 Å². The second-order valence-corrected chi connectivity index (χ2v) is 10.9. The summed E-state index contributed by atoms with van der Waals surface area (Å²) in [4.78, 5) is 8.62. The van der Waals surface area contributed by atoms with Gasteiger partial charge in [0.1, 0.15) is 17.3 Å². The maximum atomic E-state index is 13.6. The Kier molecular flexibility index (Phi) is 8.21. The molecule has 5 aromatic rings. The van der Waals surface area contributed by atoms with Crippen LogP contribution in [0, 0.1) is 13.8 Å². The van der Waals surface area contributed by atoms with Gasteiger partial charge in [-0.05, 0) is 66.1 Å². The third-order valence-electron chi connectivity index (χ3n) is 6.64. The molecule has 0 amide bonds. The van der Waals surface area contributed by atoms with Gasteiger partial charge < -0.3 is 18.8 Å². The highest BCUT2D eigenvalue weighted by atomic mass is 32.2. The number of ether oxygens (including phenoxy) is 1. The Morgan fingerprint density at radius 1 is 0.977 bits per heavy atom. The van der Waals surface area contributed by atoms with Crippen LogP contribution < -0.4 is 4.74 Å². The highest BCUT2D eigenvalue weighted by Crippen LogP contribution is 2.40. The molecule has 13 heteroatoms. The summed E-state index contributed by atoms with van der Waals surface area (Å²) in [6.07, 6.45) is -2.29. The van der Waals surface area contributed by atoms with Crippen molar-refractivity contribution in [2.75, 3.05) is 6.26 Å². The van der Waals surface area contributed by atoms with E-state index in [1.54, 1.807) is 43.3 Å². The van der Waals surface area contributed by atoms with Gasteiger partial charge in [0.15, 0.2) is 17.3 Å². The normalized spacial score (nSPS) is 12.6. The maximum Gasteiger partial charge on any atom is 0.434 e. The number of rotatable bonds is 8. The number of aryl methyl sites for hydroxylation is 2. The van der Waals surface area contributed by atoms with Gasteiger partial charge >= 0.3 is 12.8 Å². The first-order valence-electron chi connectivity index (χ1n) is 12.7. The first kappa shape index (κ1) is 30.1. The zero-order valence-electron chi connectivity index (χ0n) is 22.9. The minimum absolute atomic E-state index is 0.0626. The molecule has 0 bridgehead atoms. The van der Waals surface area contributed by atoms with Crippen LogP contribution in [-0.4, -0.2) is 36.7 Å². The van der Waals surface area contributed by atoms with Crippen molar-refractivity contribution in [2.45, 2.75) is 38.1 Å². The van der Waals surface area contributed by atoms with E-state index in [4.69, 9.17) is 4.42 Å². The molecule has 0 aliphatic rings. The van der Waals surface area contributed by atoms with Gasteiger partial charge in [0.2, 0.25) is 0 Å². The smallest absolute Gasteiger partial charge is 0.434 e. The fourth-order valence-electron chi connectivity index (χ4n) is 4.69. The fourth-order valence-corrected chi connectivity index (χ4v) is 5.49. The number of aliphatic hydroxyl groups excluding tert-OH is 1. The molecule has 1 unspecified atom stereocenters. The molecule has 2 heterocycles. The average molecular weight is 618 g/mol. The summed E-state index contributed by atoms with van der Waals surface area (Å²) in [5.74, 6) is 0.476. The third kappa shape index (κ3) is 6.22. The first-order valence-corrected chi connectivity index (χ1v) is 14.3. The lowest BCUT2D eigenvalue weighted by Crippen LogP contribution is -2.05. The fraction of sp³-hybridized carbons (Fsp3) is 0.200. The summed E-state index contributed by atoms with van der Waals surface area (Å²) in [7, 11) is -1.40. The van der Waals surface area contributed by atoms with E-state index >= 15 is 0 Å². The Balaban J connectivity index is 1.73. The van der Waals surface area contributed by atoms with Crippen molar-refractivity contribution in [2.24, 2.45) is 0 Å². The van der Waals surface area contributed by atoms with Crippen LogP contribution in [0.3, 0.4) is 0 Å². The zero-order valence-corrected chi connectivity index (χ0v) is 23.8. The highest BCUT2D eigenvalue weighted by molar-refractivity contribution is 7.84. The van der Waals surface area contributed by atoms with E-state index in [1.165, 1.54) is 42.0 Å². The van der Waals surface area contributed by atoms with Crippen molar-refractivity contribution in [1.29, 1.82) is 0 Å². The van der Waals surface area contributed by atoms with Gasteiger partial charge in [-0.3, -0.25) is 4.21 Å². The summed E-state index contributed by atoms with van der Waals surface area (Å²) in [6.45, 7) is -0.260. The van der Waals surface area contributed by atoms with E-state index in [-0.39, 0.29) is 29.8 Å². The molecule has 0 saturated carbocycles. The first-order chi connectivity index (χ1) is 20.3. The van der Waals surface area contributed by atoms with Crippen LogP contribution in [0.4, 0.5) is 22.0 Å². The topological polar surface area (TPSA) is 90.4 Å². The summed E-state index contributed by atoms with van der Waals surface area (Å²) in [6, 6.07) is 15.8. The monoisotopic (exact) mass is 617 g/mol. The van der Waals surface area contributed by atoms with Gasteiger partial charge in [0.05, 0.1) is 23.1 Å². The van der Waals surface area contributed by atoms with Crippen LogP contribution in [-0.2, 0) is 23.6 Å². The number of halogens is 5. The number of hydrogen-bond donors (Lipinski definition) is 1. The van der Waals surface area contributed by atoms with Crippen LogP contribution in [0.15, 0.2) is 76.2 Å². The standard InChI is InChI=1S/C30H24F5N3O4S/c1-16-36-26(30(33,34)35)14-38(16)24-11-8-19(20-4-5-21(15-39)25(13-20)43(3)40)12-23(24)28-27(37-17(2)41-28)18-6-9-22(10-7-18)42-29(31)32/h4-14,29,39H,15H2,1-3H3. The summed E-state index contributed by atoms with van der Waals surface area (Å²) in [5, 5.41) is 9.68. The Bertz CT molecular complexity index is 1810. The SMILES string of the molecule is Cc1nc(-c2ccc(OC(F)F)cc2)c(-c2cc(-c3ccc(CO)c(S(C)=O)c3)ccc2-n2cc(C(F)(F)F)nc2C)o1. The zero-order chi connectivity index (χ0) is 31.1.